The molecule has 0 unspecified atom stereocenters. The van der Waals surface area contributed by atoms with E-state index in [4.69, 9.17) is 0 Å². The van der Waals surface area contributed by atoms with Gasteiger partial charge in [-0.3, -0.25) is 4.79 Å². The highest BCUT2D eigenvalue weighted by Gasteiger charge is 2.16. The molecule has 0 aliphatic rings. The number of esters is 1. The third-order valence-corrected chi connectivity index (χ3v) is 2.10. The monoisotopic (exact) mass is 258 g/mol. The van der Waals surface area contributed by atoms with E-state index in [2.05, 4.69) is 4.74 Å². The fourth-order valence-electron chi connectivity index (χ4n) is 1.24. The highest BCUT2D eigenvalue weighted by atomic mass is 19.2. The van der Waals surface area contributed by atoms with Crippen LogP contribution in [0.5, 0.6) is 0 Å². The molecule has 6 heteroatoms. The van der Waals surface area contributed by atoms with Gasteiger partial charge in [0.15, 0.2) is 23.2 Å². The van der Waals surface area contributed by atoms with Crippen molar-refractivity contribution in [2.24, 2.45) is 0 Å². The van der Waals surface area contributed by atoms with Gasteiger partial charge in [0, 0.05) is 0 Å². The van der Waals surface area contributed by atoms with E-state index < -0.39 is 29.2 Å². The molecule has 18 heavy (non-hydrogen) atoms. The summed E-state index contributed by atoms with van der Waals surface area (Å²) in [6.07, 6.45) is 0.930. The number of ether oxygens (including phenoxy) is 1. The van der Waals surface area contributed by atoms with Crippen LogP contribution in [0.1, 0.15) is 12.5 Å². The van der Waals surface area contributed by atoms with Gasteiger partial charge in [-0.2, -0.15) is 0 Å². The fourth-order valence-corrected chi connectivity index (χ4v) is 1.24. The zero-order valence-electron chi connectivity index (χ0n) is 9.59. The summed E-state index contributed by atoms with van der Waals surface area (Å²) < 4.78 is 42.9. The van der Waals surface area contributed by atoms with Crippen LogP contribution in [0.25, 0.3) is 6.08 Å². The number of carbonyl (C=O) groups is 2. The van der Waals surface area contributed by atoms with Crippen LogP contribution in [0.3, 0.4) is 0 Å². The zero-order valence-corrected chi connectivity index (χ0v) is 9.59. The Morgan fingerprint density at radius 3 is 2.06 bits per heavy atom. The predicted octanol–water partition coefficient (Wildman–Crippen LogP) is 2.25. The number of halogens is 3. The molecule has 0 saturated heterocycles. The minimum absolute atomic E-state index is 0.151. The molecule has 0 saturated carbocycles. The van der Waals surface area contributed by atoms with Crippen molar-refractivity contribution in [3.63, 3.8) is 0 Å². The fraction of sp³-hybridized carbons (Fsp3) is 0.167. The summed E-state index contributed by atoms with van der Waals surface area (Å²) in [6, 6.07) is 1.34. The number of benzene rings is 1. The Balaban J connectivity index is 3.29. The summed E-state index contributed by atoms with van der Waals surface area (Å²) in [7, 11) is 1.06. The summed E-state index contributed by atoms with van der Waals surface area (Å²) in [5, 5.41) is 0. The molecule has 0 N–H and O–H groups in total. The number of methoxy groups -OCH3 is 1. The number of Topliss-reactive ketones (excluding diaryl/α,β-unsaturated/α-hetero) is 1. The van der Waals surface area contributed by atoms with Crippen LogP contribution in [0.2, 0.25) is 0 Å². The van der Waals surface area contributed by atoms with Crippen LogP contribution in [-0.2, 0) is 14.3 Å². The average Bonchev–Trinajstić information content (AvgIpc) is 2.31. The Bertz CT molecular complexity index is 512. The Morgan fingerprint density at radius 2 is 1.67 bits per heavy atom. The molecule has 0 heterocycles. The maximum Gasteiger partial charge on any atom is 0.341 e. The number of carbonyl (C=O) groups excluding carboxylic acids is 2. The van der Waals surface area contributed by atoms with E-state index in [1.54, 1.807) is 0 Å². The van der Waals surface area contributed by atoms with E-state index in [0.717, 1.165) is 20.1 Å². The summed E-state index contributed by atoms with van der Waals surface area (Å²) in [5.41, 5.74) is -0.537. The first-order valence-corrected chi connectivity index (χ1v) is 4.82. The molecule has 3 nitrogen and oxygen atoms in total. The third kappa shape index (κ3) is 2.97. The number of hydrogen-bond donors (Lipinski definition) is 0. The number of rotatable bonds is 3. The van der Waals surface area contributed by atoms with Gasteiger partial charge in [-0.15, -0.1) is 0 Å². The van der Waals surface area contributed by atoms with E-state index >= 15 is 0 Å². The van der Waals surface area contributed by atoms with Gasteiger partial charge in [0.05, 0.1) is 7.11 Å². The third-order valence-electron chi connectivity index (χ3n) is 2.10. The molecular weight excluding hydrogens is 249 g/mol. The molecule has 1 aromatic rings. The minimum Gasteiger partial charge on any atom is -0.465 e. The van der Waals surface area contributed by atoms with Crippen LogP contribution >= 0.6 is 0 Å². The maximum absolute atomic E-state index is 12.9. The largest absolute Gasteiger partial charge is 0.465 e. The Morgan fingerprint density at radius 1 is 1.17 bits per heavy atom. The highest BCUT2D eigenvalue weighted by molar-refractivity contribution is 6.19. The quantitative estimate of drug-likeness (QED) is 0.274. The molecule has 0 aliphatic carbocycles. The topological polar surface area (TPSA) is 43.4 Å². The second kappa shape index (κ2) is 5.48. The lowest BCUT2D eigenvalue weighted by Gasteiger charge is -2.02. The van der Waals surface area contributed by atoms with Crippen LogP contribution in [0.15, 0.2) is 17.7 Å². The van der Waals surface area contributed by atoms with Gasteiger partial charge < -0.3 is 4.74 Å². The first-order chi connectivity index (χ1) is 8.36. The first kappa shape index (κ1) is 14.0. The van der Waals surface area contributed by atoms with Gasteiger partial charge >= 0.3 is 5.97 Å². The summed E-state index contributed by atoms with van der Waals surface area (Å²) in [5.74, 6) is -6.00. The van der Waals surface area contributed by atoms with Crippen LogP contribution < -0.4 is 0 Å². The molecule has 96 valence electrons. The van der Waals surface area contributed by atoms with Gasteiger partial charge in [0.2, 0.25) is 0 Å². The van der Waals surface area contributed by atoms with Crippen LogP contribution in [0, 0.1) is 17.5 Å². The van der Waals surface area contributed by atoms with E-state index in [0.29, 0.717) is 12.1 Å². The summed E-state index contributed by atoms with van der Waals surface area (Å²) in [4.78, 5) is 22.4. The first-order valence-electron chi connectivity index (χ1n) is 4.82. The summed E-state index contributed by atoms with van der Waals surface area (Å²) in [6.45, 7) is 1.10. The SMILES string of the molecule is COC(=O)/C(=C\c1cc(F)c(F)c(F)c1)C(C)=O. The minimum atomic E-state index is -1.62. The smallest absolute Gasteiger partial charge is 0.341 e. The highest BCUT2D eigenvalue weighted by Crippen LogP contribution is 2.16. The van der Waals surface area contributed by atoms with Gasteiger partial charge in [-0.1, -0.05) is 0 Å². The predicted molar refractivity (Wildman–Crippen MR) is 57.0 cm³/mol. The molecular formula is C12H9F3O3. The molecule has 1 rings (SSSR count). The van der Waals surface area contributed by atoms with Crippen LogP contribution in [-0.4, -0.2) is 18.9 Å². The van der Waals surface area contributed by atoms with E-state index in [1.165, 1.54) is 0 Å². The van der Waals surface area contributed by atoms with Gasteiger partial charge in [0.1, 0.15) is 5.57 Å². The normalized spacial score (nSPS) is 11.3. The summed E-state index contributed by atoms with van der Waals surface area (Å²) >= 11 is 0. The molecule has 0 amide bonds. The van der Waals surface area contributed by atoms with Crippen LogP contribution in [0.4, 0.5) is 13.2 Å². The van der Waals surface area contributed by atoms with Gasteiger partial charge in [-0.05, 0) is 30.7 Å². The Hall–Kier alpha value is -2.11. The molecule has 0 fully saturated rings. The van der Waals surface area contributed by atoms with E-state index in [1.807, 2.05) is 0 Å². The Labute approximate surface area is 101 Å². The lowest BCUT2D eigenvalue weighted by Crippen LogP contribution is -2.11. The van der Waals surface area contributed by atoms with Crippen molar-refractivity contribution in [2.75, 3.05) is 7.11 Å². The molecule has 0 atom stereocenters. The van der Waals surface area contributed by atoms with Crippen molar-refractivity contribution < 1.29 is 27.5 Å². The number of ketones is 1. The molecule has 0 aromatic heterocycles. The molecule has 0 radical (unpaired) electrons. The zero-order chi connectivity index (χ0) is 13.9. The second-order valence-electron chi connectivity index (χ2n) is 3.40. The van der Waals surface area contributed by atoms with E-state index in [-0.39, 0.29) is 11.1 Å². The van der Waals surface area contributed by atoms with Crippen molar-refractivity contribution in [1.29, 1.82) is 0 Å². The van der Waals surface area contributed by atoms with Crippen molar-refractivity contribution >= 4 is 17.8 Å². The van der Waals surface area contributed by atoms with Crippen molar-refractivity contribution in [3.05, 3.63) is 40.7 Å². The lowest BCUT2D eigenvalue weighted by molar-refractivity contribution is -0.137. The van der Waals surface area contributed by atoms with E-state index in [9.17, 15) is 22.8 Å². The standard InChI is InChI=1S/C12H9F3O3/c1-6(16)8(12(17)18-2)3-7-4-9(13)11(15)10(14)5-7/h3-5H,1-2H3/b8-3-. The average molecular weight is 258 g/mol. The van der Waals surface area contributed by atoms with Gasteiger partial charge in [0.25, 0.3) is 0 Å². The van der Waals surface area contributed by atoms with Crippen molar-refractivity contribution in [1.82, 2.24) is 0 Å². The molecule has 0 bridgehead atoms. The molecule has 0 aliphatic heterocycles. The van der Waals surface area contributed by atoms with Crippen molar-refractivity contribution in [3.8, 4) is 0 Å². The number of hydrogen-bond acceptors (Lipinski definition) is 3. The molecule has 0 spiro atoms. The molecule has 1 aromatic carbocycles. The lowest BCUT2D eigenvalue weighted by atomic mass is 10.1. The Kier molecular flexibility index (Phi) is 4.25. The maximum atomic E-state index is 12.9. The second-order valence-corrected chi connectivity index (χ2v) is 3.40. The van der Waals surface area contributed by atoms with Crippen molar-refractivity contribution in [2.45, 2.75) is 6.92 Å². The van der Waals surface area contributed by atoms with Gasteiger partial charge in [-0.25, -0.2) is 18.0 Å².